The fourth-order valence-electron chi connectivity index (χ4n) is 2.76. The van der Waals surface area contributed by atoms with Crippen molar-refractivity contribution in [3.8, 4) is 0 Å². The molecule has 0 amide bonds. The highest BCUT2D eigenvalue weighted by Crippen LogP contribution is 2.40. The molecule has 0 aromatic heterocycles. The van der Waals surface area contributed by atoms with E-state index in [1.54, 1.807) is 0 Å². The highest BCUT2D eigenvalue weighted by molar-refractivity contribution is 4.95. The van der Waals surface area contributed by atoms with E-state index in [1.807, 2.05) is 0 Å². The molecule has 2 heterocycles. The van der Waals surface area contributed by atoms with Crippen LogP contribution in [0.25, 0.3) is 0 Å². The molecular formula is C11H21N. The zero-order chi connectivity index (χ0) is 8.77. The maximum Gasteiger partial charge on any atom is 0.00730 e. The molecule has 70 valence electrons. The normalized spacial score (nSPS) is 41.8. The van der Waals surface area contributed by atoms with Crippen LogP contribution >= 0.6 is 0 Å². The lowest BCUT2D eigenvalue weighted by molar-refractivity contribution is 0.158. The van der Waals surface area contributed by atoms with E-state index < -0.39 is 0 Å². The molecule has 2 rings (SSSR count). The Labute approximate surface area is 75.9 Å². The monoisotopic (exact) mass is 167 g/mol. The van der Waals surface area contributed by atoms with Gasteiger partial charge in [0.2, 0.25) is 0 Å². The van der Waals surface area contributed by atoms with E-state index in [4.69, 9.17) is 0 Å². The van der Waals surface area contributed by atoms with Crippen molar-refractivity contribution >= 4 is 0 Å². The van der Waals surface area contributed by atoms with E-state index in [-0.39, 0.29) is 0 Å². The summed E-state index contributed by atoms with van der Waals surface area (Å²) in [6.45, 7) is 7.17. The zero-order valence-corrected chi connectivity index (χ0v) is 8.56. The van der Waals surface area contributed by atoms with Crippen molar-refractivity contribution in [2.24, 2.45) is 11.3 Å². The summed E-state index contributed by atoms with van der Waals surface area (Å²) in [6, 6.07) is 1.71. The second-order valence-corrected chi connectivity index (χ2v) is 5.67. The van der Waals surface area contributed by atoms with Crippen LogP contribution in [-0.4, -0.2) is 12.1 Å². The summed E-state index contributed by atoms with van der Waals surface area (Å²) >= 11 is 0. The van der Waals surface area contributed by atoms with Crippen molar-refractivity contribution in [2.45, 2.75) is 58.5 Å². The molecule has 2 saturated heterocycles. The maximum absolute atomic E-state index is 3.69. The van der Waals surface area contributed by atoms with Crippen LogP contribution < -0.4 is 5.32 Å². The smallest absolute Gasteiger partial charge is 0.00730 e. The lowest BCUT2D eigenvalue weighted by Crippen LogP contribution is -2.41. The number of hydrogen-bond acceptors (Lipinski definition) is 1. The second kappa shape index (κ2) is 2.73. The summed E-state index contributed by atoms with van der Waals surface area (Å²) in [4.78, 5) is 0. The molecule has 12 heavy (non-hydrogen) atoms. The molecule has 0 radical (unpaired) electrons. The first-order valence-corrected chi connectivity index (χ1v) is 5.32. The van der Waals surface area contributed by atoms with Crippen molar-refractivity contribution < 1.29 is 0 Å². The van der Waals surface area contributed by atoms with Gasteiger partial charge in [0.1, 0.15) is 0 Å². The molecule has 1 nitrogen and oxygen atoms in total. The van der Waals surface area contributed by atoms with Crippen molar-refractivity contribution in [2.75, 3.05) is 0 Å². The predicted molar refractivity (Wildman–Crippen MR) is 52.1 cm³/mol. The lowest BCUT2D eigenvalue weighted by Gasteiger charge is -2.37. The van der Waals surface area contributed by atoms with Crippen molar-refractivity contribution in [3.05, 3.63) is 0 Å². The van der Waals surface area contributed by atoms with Gasteiger partial charge in [-0.1, -0.05) is 20.8 Å². The second-order valence-electron chi connectivity index (χ2n) is 5.67. The number of rotatable bonds is 0. The summed E-state index contributed by atoms with van der Waals surface area (Å²) < 4.78 is 0. The Morgan fingerprint density at radius 2 is 1.50 bits per heavy atom. The van der Waals surface area contributed by atoms with Gasteiger partial charge in [-0.05, 0) is 37.0 Å². The van der Waals surface area contributed by atoms with Crippen LogP contribution in [0.2, 0.25) is 0 Å². The van der Waals surface area contributed by atoms with Crippen LogP contribution in [0.4, 0.5) is 0 Å². The first-order valence-electron chi connectivity index (χ1n) is 5.32. The molecule has 1 heteroatoms. The Morgan fingerprint density at radius 3 is 1.92 bits per heavy atom. The van der Waals surface area contributed by atoms with E-state index in [0.29, 0.717) is 5.41 Å². The minimum absolute atomic E-state index is 0.531. The summed E-state index contributed by atoms with van der Waals surface area (Å²) in [5.41, 5.74) is 0.531. The summed E-state index contributed by atoms with van der Waals surface area (Å²) in [5, 5.41) is 3.69. The highest BCUT2D eigenvalue weighted by Gasteiger charge is 2.38. The molecule has 1 N–H and O–H groups in total. The third kappa shape index (κ3) is 1.52. The van der Waals surface area contributed by atoms with Crippen LogP contribution in [0.5, 0.6) is 0 Å². The van der Waals surface area contributed by atoms with Gasteiger partial charge in [0, 0.05) is 12.1 Å². The molecule has 2 aliphatic heterocycles. The van der Waals surface area contributed by atoms with Gasteiger partial charge in [-0.15, -0.1) is 0 Å². The Morgan fingerprint density at radius 1 is 1.00 bits per heavy atom. The molecule has 0 spiro atoms. The minimum atomic E-state index is 0.531. The van der Waals surface area contributed by atoms with Crippen LogP contribution in [-0.2, 0) is 0 Å². The summed E-state index contributed by atoms with van der Waals surface area (Å²) in [5.74, 6) is 0.955. The van der Waals surface area contributed by atoms with Crippen LogP contribution in [0.15, 0.2) is 0 Å². The minimum Gasteiger partial charge on any atom is -0.311 e. The Hall–Kier alpha value is -0.0400. The van der Waals surface area contributed by atoms with Gasteiger partial charge in [0.15, 0.2) is 0 Å². The fourth-order valence-corrected chi connectivity index (χ4v) is 2.76. The zero-order valence-electron chi connectivity index (χ0n) is 8.56. The van der Waals surface area contributed by atoms with E-state index in [9.17, 15) is 0 Å². The van der Waals surface area contributed by atoms with Crippen LogP contribution in [0.3, 0.4) is 0 Å². The molecule has 2 unspecified atom stereocenters. The highest BCUT2D eigenvalue weighted by atomic mass is 15.0. The Balaban J connectivity index is 2.03. The molecule has 2 bridgehead atoms. The van der Waals surface area contributed by atoms with E-state index in [0.717, 1.165) is 18.0 Å². The molecule has 2 fully saturated rings. The van der Waals surface area contributed by atoms with Gasteiger partial charge < -0.3 is 5.32 Å². The standard InChI is InChI=1S/C11H21N/c1-11(2,3)8-6-9-4-5-10(7-8)12-9/h8-10,12H,4-7H2,1-3H3/t8?,9-,10?/m0/s1. The fraction of sp³-hybridized carbons (Fsp3) is 1.00. The van der Waals surface area contributed by atoms with Crippen molar-refractivity contribution in [1.82, 2.24) is 5.32 Å². The number of nitrogens with one attached hydrogen (secondary N) is 1. The summed E-state index contributed by atoms with van der Waals surface area (Å²) in [6.07, 6.45) is 5.69. The molecule has 0 aromatic rings. The number of fused-ring (bicyclic) bond motifs is 2. The van der Waals surface area contributed by atoms with Crippen LogP contribution in [0, 0.1) is 11.3 Å². The Bertz CT molecular complexity index is 156. The van der Waals surface area contributed by atoms with Gasteiger partial charge in [0.25, 0.3) is 0 Å². The van der Waals surface area contributed by atoms with Crippen molar-refractivity contribution in [3.63, 3.8) is 0 Å². The molecule has 0 saturated carbocycles. The molecular weight excluding hydrogens is 146 g/mol. The topological polar surface area (TPSA) is 12.0 Å². The number of piperidine rings is 1. The Kier molecular flexibility index (Phi) is 1.95. The summed E-state index contributed by atoms with van der Waals surface area (Å²) in [7, 11) is 0. The predicted octanol–water partition coefficient (Wildman–Crippen LogP) is 2.56. The van der Waals surface area contributed by atoms with Crippen molar-refractivity contribution in [1.29, 1.82) is 0 Å². The van der Waals surface area contributed by atoms with Gasteiger partial charge >= 0.3 is 0 Å². The lowest BCUT2D eigenvalue weighted by atomic mass is 9.73. The van der Waals surface area contributed by atoms with Gasteiger partial charge in [-0.2, -0.15) is 0 Å². The quantitative estimate of drug-likeness (QED) is 0.584. The maximum atomic E-state index is 3.69. The molecule has 0 aromatic carbocycles. The molecule has 0 aliphatic carbocycles. The number of hydrogen-bond donors (Lipinski definition) is 1. The average Bonchev–Trinajstić information content (AvgIpc) is 2.28. The van der Waals surface area contributed by atoms with Crippen LogP contribution in [0.1, 0.15) is 46.5 Å². The van der Waals surface area contributed by atoms with E-state index in [1.165, 1.54) is 25.7 Å². The third-order valence-electron chi connectivity index (χ3n) is 3.70. The van der Waals surface area contributed by atoms with E-state index in [2.05, 4.69) is 26.1 Å². The third-order valence-corrected chi connectivity index (χ3v) is 3.70. The van der Waals surface area contributed by atoms with Gasteiger partial charge in [-0.3, -0.25) is 0 Å². The average molecular weight is 167 g/mol. The molecule has 2 aliphatic rings. The molecule has 3 atom stereocenters. The SMILES string of the molecule is CC(C)(C)C1CC2CC[C@@H](C1)N2. The largest absolute Gasteiger partial charge is 0.311 e. The van der Waals surface area contributed by atoms with Gasteiger partial charge in [0.05, 0.1) is 0 Å². The first kappa shape index (κ1) is 8.55. The van der Waals surface area contributed by atoms with Gasteiger partial charge in [-0.25, -0.2) is 0 Å². The first-order chi connectivity index (χ1) is 5.55. The van der Waals surface area contributed by atoms with E-state index >= 15 is 0 Å².